The lowest BCUT2D eigenvalue weighted by Gasteiger charge is -2.24. The smallest absolute Gasteiger partial charge is 0.123 e. The molecule has 0 radical (unpaired) electrons. The average Bonchev–Trinajstić information content (AvgIpc) is 2.92. The molecule has 0 spiro atoms. The van der Waals surface area contributed by atoms with Crippen molar-refractivity contribution in [1.82, 2.24) is 5.32 Å². The van der Waals surface area contributed by atoms with Crippen LogP contribution in [0, 0.1) is 5.82 Å². The fourth-order valence-corrected chi connectivity index (χ4v) is 2.72. The molecule has 19 heavy (non-hydrogen) atoms. The highest BCUT2D eigenvalue weighted by atomic mass is 35.5. The Balaban J connectivity index is 2.07. The molecule has 2 nitrogen and oxygen atoms in total. The topological polar surface area (TPSA) is 21.3 Å². The second-order valence-corrected chi connectivity index (χ2v) is 5.46. The van der Waals surface area contributed by atoms with E-state index < -0.39 is 0 Å². The first-order chi connectivity index (χ1) is 9.20. The van der Waals surface area contributed by atoms with Gasteiger partial charge in [0.05, 0.1) is 6.10 Å². The summed E-state index contributed by atoms with van der Waals surface area (Å²) < 4.78 is 19.1. The van der Waals surface area contributed by atoms with Crippen molar-refractivity contribution in [2.45, 2.75) is 44.8 Å². The molecule has 0 bridgehead atoms. The lowest BCUT2D eigenvalue weighted by Crippen LogP contribution is -2.41. The number of ether oxygens (including phenoxy) is 1. The van der Waals surface area contributed by atoms with E-state index in [0.29, 0.717) is 11.4 Å². The van der Waals surface area contributed by atoms with E-state index in [0.717, 1.165) is 38.0 Å². The number of halogens is 2. The molecule has 4 heteroatoms. The Morgan fingerprint density at radius 3 is 3.05 bits per heavy atom. The molecule has 0 amide bonds. The van der Waals surface area contributed by atoms with Crippen LogP contribution >= 0.6 is 11.6 Å². The summed E-state index contributed by atoms with van der Waals surface area (Å²) in [5, 5.41) is 4.13. The fraction of sp³-hybridized carbons (Fsp3) is 0.600. The lowest BCUT2D eigenvalue weighted by molar-refractivity contribution is 0.0784. The Hall–Kier alpha value is -0.640. The maximum Gasteiger partial charge on any atom is 0.123 e. The van der Waals surface area contributed by atoms with Gasteiger partial charge in [0.15, 0.2) is 0 Å². The van der Waals surface area contributed by atoms with Crippen LogP contribution in [0.3, 0.4) is 0 Å². The van der Waals surface area contributed by atoms with Crippen LogP contribution in [0.4, 0.5) is 4.39 Å². The molecule has 1 fully saturated rings. The third-order valence-electron chi connectivity index (χ3n) is 3.52. The van der Waals surface area contributed by atoms with Crippen LogP contribution in [0.25, 0.3) is 0 Å². The Kier molecular flexibility index (Phi) is 5.61. The summed E-state index contributed by atoms with van der Waals surface area (Å²) in [6.45, 7) is 3.90. The molecular weight excluding hydrogens is 265 g/mol. The van der Waals surface area contributed by atoms with Crippen LogP contribution in [0.2, 0.25) is 5.02 Å². The van der Waals surface area contributed by atoms with E-state index in [1.54, 1.807) is 6.07 Å². The van der Waals surface area contributed by atoms with E-state index in [2.05, 4.69) is 12.2 Å². The van der Waals surface area contributed by atoms with Gasteiger partial charge in [0.2, 0.25) is 0 Å². The summed E-state index contributed by atoms with van der Waals surface area (Å²) in [6, 6.07) is 4.75. The largest absolute Gasteiger partial charge is 0.377 e. The first-order valence-electron chi connectivity index (χ1n) is 6.99. The first kappa shape index (κ1) is 14.8. The number of nitrogens with one attached hydrogen (secondary N) is 1. The van der Waals surface area contributed by atoms with Crippen LogP contribution < -0.4 is 5.32 Å². The van der Waals surface area contributed by atoms with Gasteiger partial charge >= 0.3 is 0 Å². The summed E-state index contributed by atoms with van der Waals surface area (Å²) in [6.07, 6.45) is 4.16. The number of hydrogen-bond donors (Lipinski definition) is 1. The molecular formula is C15H21ClFNO. The summed E-state index contributed by atoms with van der Waals surface area (Å²) in [5.41, 5.74) is 0.853. The number of benzene rings is 1. The minimum atomic E-state index is -0.235. The molecule has 1 saturated heterocycles. The molecule has 2 atom stereocenters. The van der Waals surface area contributed by atoms with Crippen molar-refractivity contribution in [1.29, 1.82) is 0 Å². The van der Waals surface area contributed by atoms with Gasteiger partial charge in [-0.3, -0.25) is 0 Å². The van der Waals surface area contributed by atoms with Crippen LogP contribution in [0.15, 0.2) is 18.2 Å². The monoisotopic (exact) mass is 285 g/mol. The highest BCUT2D eigenvalue weighted by Gasteiger charge is 2.26. The van der Waals surface area contributed by atoms with E-state index >= 15 is 0 Å². The van der Waals surface area contributed by atoms with Crippen molar-refractivity contribution in [2.75, 3.05) is 13.2 Å². The Morgan fingerprint density at radius 2 is 2.37 bits per heavy atom. The molecule has 2 rings (SSSR count). The maximum absolute atomic E-state index is 13.3. The minimum absolute atomic E-state index is 0.210. The van der Waals surface area contributed by atoms with Crippen molar-refractivity contribution in [3.05, 3.63) is 34.6 Å². The summed E-state index contributed by atoms with van der Waals surface area (Å²) in [5.74, 6) is -0.235. The van der Waals surface area contributed by atoms with Crippen molar-refractivity contribution in [3.8, 4) is 0 Å². The molecule has 2 unspecified atom stereocenters. The molecule has 1 aliphatic heterocycles. The van der Waals surface area contributed by atoms with Crippen molar-refractivity contribution < 1.29 is 9.13 Å². The van der Waals surface area contributed by atoms with Crippen molar-refractivity contribution in [2.24, 2.45) is 0 Å². The predicted octanol–water partition coefficient (Wildman–Crippen LogP) is 3.57. The fourth-order valence-electron chi connectivity index (χ4n) is 2.52. The van der Waals surface area contributed by atoms with E-state index in [1.807, 2.05) is 0 Å². The van der Waals surface area contributed by atoms with Gasteiger partial charge in [-0.25, -0.2) is 4.39 Å². The Morgan fingerprint density at radius 1 is 1.53 bits per heavy atom. The maximum atomic E-state index is 13.3. The van der Waals surface area contributed by atoms with Gasteiger partial charge in [-0.1, -0.05) is 18.5 Å². The van der Waals surface area contributed by atoms with Gasteiger partial charge in [-0.15, -0.1) is 0 Å². The van der Waals surface area contributed by atoms with E-state index in [1.165, 1.54) is 12.1 Å². The lowest BCUT2D eigenvalue weighted by atomic mass is 9.99. The molecule has 0 saturated carbocycles. The van der Waals surface area contributed by atoms with Gasteiger partial charge in [-0.05, 0) is 56.0 Å². The van der Waals surface area contributed by atoms with Crippen molar-refractivity contribution >= 4 is 11.6 Å². The second kappa shape index (κ2) is 7.22. The minimum Gasteiger partial charge on any atom is -0.377 e. The van der Waals surface area contributed by atoms with E-state index in [9.17, 15) is 4.39 Å². The number of rotatable bonds is 6. The molecule has 0 aliphatic carbocycles. The highest BCUT2D eigenvalue weighted by Crippen LogP contribution is 2.23. The zero-order chi connectivity index (χ0) is 13.7. The van der Waals surface area contributed by atoms with Crippen LogP contribution in [-0.4, -0.2) is 25.3 Å². The summed E-state index contributed by atoms with van der Waals surface area (Å²) in [4.78, 5) is 0. The van der Waals surface area contributed by atoms with Gasteiger partial charge in [0, 0.05) is 17.7 Å². The van der Waals surface area contributed by atoms with Gasteiger partial charge in [-0.2, -0.15) is 0 Å². The molecule has 1 aliphatic rings. The molecule has 0 aromatic heterocycles. The van der Waals surface area contributed by atoms with Gasteiger partial charge in [0.1, 0.15) is 5.82 Å². The zero-order valence-corrected chi connectivity index (χ0v) is 12.0. The highest BCUT2D eigenvalue weighted by molar-refractivity contribution is 6.31. The van der Waals surface area contributed by atoms with Gasteiger partial charge < -0.3 is 10.1 Å². The SMILES string of the molecule is CCCNC(Cc1cc(F)ccc1Cl)C1CCCO1. The standard InChI is InChI=1S/C15H21ClFNO/c1-2-7-18-14(15-4-3-8-19-15)10-11-9-12(17)5-6-13(11)16/h5-6,9,14-15,18H,2-4,7-8,10H2,1H3. The van der Waals surface area contributed by atoms with Crippen LogP contribution in [0.5, 0.6) is 0 Å². The Bertz CT molecular complexity index is 407. The first-order valence-corrected chi connectivity index (χ1v) is 7.37. The molecule has 1 aromatic carbocycles. The molecule has 106 valence electrons. The normalized spacial score (nSPS) is 20.7. The summed E-state index contributed by atoms with van der Waals surface area (Å²) in [7, 11) is 0. The second-order valence-electron chi connectivity index (χ2n) is 5.05. The van der Waals surface area contributed by atoms with Crippen LogP contribution in [-0.2, 0) is 11.2 Å². The van der Waals surface area contributed by atoms with E-state index in [-0.39, 0.29) is 18.0 Å². The third-order valence-corrected chi connectivity index (χ3v) is 3.89. The number of hydrogen-bond acceptors (Lipinski definition) is 2. The third kappa shape index (κ3) is 4.16. The van der Waals surface area contributed by atoms with Gasteiger partial charge in [0.25, 0.3) is 0 Å². The van der Waals surface area contributed by atoms with Crippen molar-refractivity contribution in [3.63, 3.8) is 0 Å². The molecule has 1 heterocycles. The molecule has 1 N–H and O–H groups in total. The average molecular weight is 286 g/mol. The van der Waals surface area contributed by atoms with E-state index in [4.69, 9.17) is 16.3 Å². The predicted molar refractivity (Wildman–Crippen MR) is 76.2 cm³/mol. The Labute approximate surface area is 119 Å². The van der Waals surface area contributed by atoms with Crippen LogP contribution in [0.1, 0.15) is 31.7 Å². The summed E-state index contributed by atoms with van der Waals surface area (Å²) >= 11 is 6.15. The molecule has 1 aromatic rings. The zero-order valence-electron chi connectivity index (χ0n) is 11.3. The quantitative estimate of drug-likeness (QED) is 0.863.